The molecule has 106 valence electrons. The number of ether oxygens (including phenoxy) is 1. The van der Waals surface area contributed by atoms with Crippen molar-refractivity contribution in [2.24, 2.45) is 0 Å². The lowest BCUT2D eigenvalue weighted by atomic mass is 10.1. The molecule has 0 fully saturated rings. The van der Waals surface area contributed by atoms with E-state index in [-0.39, 0.29) is 11.9 Å². The number of hydrogen-bond donors (Lipinski definition) is 1. The molecule has 1 atom stereocenters. The van der Waals surface area contributed by atoms with Crippen molar-refractivity contribution in [1.29, 1.82) is 0 Å². The Bertz CT molecular complexity index is 638. The highest BCUT2D eigenvalue weighted by Gasteiger charge is 2.13. The zero-order chi connectivity index (χ0) is 14.7. The first-order valence-corrected chi connectivity index (χ1v) is 6.81. The van der Waals surface area contributed by atoms with Gasteiger partial charge in [-0.1, -0.05) is 6.92 Å². The van der Waals surface area contributed by atoms with Gasteiger partial charge in [-0.15, -0.1) is 0 Å². The van der Waals surface area contributed by atoms with Gasteiger partial charge in [-0.05, 0) is 38.5 Å². The lowest BCUT2D eigenvalue weighted by Crippen LogP contribution is -2.32. The number of aryl methyl sites for hydroxylation is 1. The third-order valence-corrected chi connectivity index (χ3v) is 3.45. The predicted molar refractivity (Wildman–Crippen MR) is 80.3 cm³/mol. The van der Waals surface area contributed by atoms with E-state index in [0.29, 0.717) is 5.56 Å². The van der Waals surface area contributed by atoms with E-state index in [1.807, 2.05) is 45.0 Å². The number of carbonyl (C=O) groups excluding carboxylic acids is 1. The van der Waals surface area contributed by atoms with Crippen LogP contribution in [0.2, 0.25) is 0 Å². The Labute approximate surface area is 119 Å². The van der Waals surface area contributed by atoms with Gasteiger partial charge in [-0.25, -0.2) is 0 Å². The first kappa shape index (κ1) is 14.3. The largest absolute Gasteiger partial charge is 0.497 e. The minimum Gasteiger partial charge on any atom is -0.497 e. The quantitative estimate of drug-likeness (QED) is 0.930. The van der Waals surface area contributed by atoms with Crippen LogP contribution in [-0.2, 0) is 0 Å². The van der Waals surface area contributed by atoms with Crippen LogP contribution < -0.4 is 10.1 Å². The molecule has 1 aromatic carbocycles. The number of benzene rings is 1. The monoisotopic (exact) mass is 272 g/mol. The smallest absolute Gasteiger partial charge is 0.253 e. The van der Waals surface area contributed by atoms with Gasteiger partial charge in [0.15, 0.2) is 0 Å². The first-order valence-electron chi connectivity index (χ1n) is 6.81. The Balaban J connectivity index is 2.40. The summed E-state index contributed by atoms with van der Waals surface area (Å²) < 4.78 is 5.19. The molecule has 1 aromatic heterocycles. The van der Waals surface area contributed by atoms with Gasteiger partial charge in [0, 0.05) is 17.5 Å². The number of carbonyl (C=O) groups is 1. The molecule has 0 aliphatic rings. The SMILES string of the molecule is CC[C@H](C)NC(=O)c1cc2ccc(OC)cc2nc1C. The second-order valence-corrected chi connectivity index (χ2v) is 4.96. The zero-order valence-electron chi connectivity index (χ0n) is 12.4. The van der Waals surface area contributed by atoms with Crippen molar-refractivity contribution < 1.29 is 9.53 Å². The van der Waals surface area contributed by atoms with Crippen LogP contribution in [0.4, 0.5) is 0 Å². The molecule has 2 rings (SSSR count). The molecular formula is C16H20N2O2. The molecule has 4 heteroatoms. The van der Waals surface area contributed by atoms with Crippen molar-refractivity contribution in [1.82, 2.24) is 10.3 Å². The highest BCUT2D eigenvalue weighted by atomic mass is 16.5. The highest BCUT2D eigenvalue weighted by Crippen LogP contribution is 2.21. The minimum atomic E-state index is -0.0675. The van der Waals surface area contributed by atoms with Crippen molar-refractivity contribution in [3.8, 4) is 5.75 Å². The van der Waals surface area contributed by atoms with E-state index >= 15 is 0 Å². The Morgan fingerprint density at radius 2 is 2.15 bits per heavy atom. The average molecular weight is 272 g/mol. The van der Waals surface area contributed by atoms with Gasteiger partial charge in [0.2, 0.25) is 0 Å². The van der Waals surface area contributed by atoms with E-state index in [9.17, 15) is 4.79 Å². The van der Waals surface area contributed by atoms with Gasteiger partial charge in [0.05, 0.1) is 23.9 Å². The Morgan fingerprint density at radius 1 is 1.40 bits per heavy atom. The van der Waals surface area contributed by atoms with Crippen LogP contribution in [0, 0.1) is 6.92 Å². The van der Waals surface area contributed by atoms with Gasteiger partial charge in [0.1, 0.15) is 5.75 Å². The number of hydrogen-bond acceptors (Lipinski definition) is 3. The van der Waals surface area contributed by atoms with E-state index in [1.54, 1.807) is 7.11 Å². The van der Waals surface area contributed by atoms with Crippen molar-refractivity contribution in [3.63, 3.8) is 0 Å². The summed E-state index contributed by atoms with van der Waals surface area (Å²) in [4.78, 5) is 16.7. The summed E-state index contributed by atoms with van der Waals surface area (Å²) in [5, 5.41) is 3.91. The molecule has 0 unspecified atom stereocenters. The first-order chi connectivity index (χ1) is 9.55. The van der Waals surface area contributed by atoms with Gasteiger partial charge < -0.3 is 10.1 Å². The maximum absolute atomic E-state index is 12.2. The van der Waals surface area contributed by atoms with E-state index in [1.165, 1.54) is 0 Å². The number of methoxy groups -OCH3 is 1. The second kappa shape index (κ2) is 5.90. The van der Waals surface area contributed by atoms with Gasteiger partial charge >= 0.3 is 0 Å². The molecule has 2 aromatic rings. The topological polar surface area (TPSA) is 51.2 Å². The number of nitrogens with zero attached hydrogens (tertiary/aromatic N) is 1. The normalized spacial score (nSPS) is 12.2. The Hall–Kier alpha value is -2.10. The van der Waals surface area contributed by atoms with Gasteiger partial charge in [-0.3, -0.25) is 9.78 Å². The summed E-state index contributed by atoms with van der Waals surface area (Å²) in [6, 6.07) is 7.71. The number of nitrogens with one attached hydrogen (secondary N) is 1. The molecule has 0 spiro atoms. The fourth-order valence-electron chi connectivity index (χ4n) is 2.00. The fraction of sp³-hybridized carbons (Fsp3) is 0.375. The maximum atomic E-state index is 12.2. The summed E-state index contributed by atoms with van der Waals surface area (Å²) in [5.74, 6) is 0.697. The molecule has 20 heavy (non-hydrogen) atoms. The number of amides is 1. The molecule has 0 aliphatic heterocycles. The molecule has 4 nitrogen and oxygen atoms in total. The third-order valence-electron chi connectivity index (χ3n) is 3.45. The van der Waals surface area contributed by atoms with Crippen molar-refractivity contribution >= 4 is 16.8 Å². The van der Waals surface area contributed by atoms with Crippen LogP contribution in [0.5, 0.6) is 5.75 Å². The minimum absolute atomic E-state index is 0.0675. The summed E-state index contributed by atoms with van der Waals surface area (Å²) in [6.07, 6.45) is 0.906. The maximum Gasteiger partial charge on any atom is 0.253 e. The van der Waals surface area contributed by atoms with Gasteiger partial charge in [0.25, 0.3) is 5.91 Å². The standard InChI is InChI=1S/C16H20N2O2/c1-5-10(2)17-16(19)14-8-12-6-7-13(20-4)9-15(12)18-11(14)3/h6-10H,5H2,1-4H3,(H,17,19)/t10-/m0/s1. The van der Waals surface area contributed by atoms with Crippen molar-refractivity contribution in [2.45, 2.75) is 33.2 Å². The second-order valence-electron chi connectivity index (χ2n) is 4.96. The number of rotatable bonds is 4. The molecule has 1 N–H and O–H groups in total. The van der Waals surface area contributed by atoms with Crippen LogP contribution in [0.25, 0.3) is 10.9 Å². The number of fused-ring (bicyclic) bond motifs is 1. The van der Waals surface area contributed by atoms with Crippen LogP contribution in [0.3, 0.4) is 0 Å². The van der Waals surface area contributed by atoms with Gasteiger partial charge in [-0.2, -0.15) is 0 Å². The highest BCUT2D eigenvalue weighted by molar-refractivity contribution is 5.98. The lowest BCUT2D eigenvalue weighted by Gasteiger charge is -2.13. The molecule has 1 amide bonds. The molecule has 0 saturated heterocycles. The van der Waals surface area contributed by atoms with Crippen LogP contribution >= 0.6 is 0 Å². The number of aromatic nitrogens is 1. The number of pyridine rings is 1. The summed E-state index contributed by atoms with van der Waals surface area (Å²) >= 11 is 0. The molecule has 0 saturated carbocycles. The fourth-order valence-corrected chi connectivity index (χ4v) is 2.00. The summed E-state index contributed by atoms with van der Waals surface area (Å²) in [6.45, 7) is 5.89. The Morgan fingerprint density at radius 3 is 2.80 bits per heavy atom. The van der Waals surface area contributed by atoms with Crippen LogP contribution in [0.1, 0.15) is 36.3 Å². The third kappa shape index (κ3) is 2.90. The molecule has 0 aliphatic carbocycles. The summed E-state index contributed by atoms with van der Waals surface area (Å²) in [5.41, 5.74) is 2.19. The Kier molecular flexibility index (Phi) is 4.23. The van der Waals surface area contributed by atoms with Crippen molar-refractivity contribution in [2.75, 3.05) is 7.11 Å². The molecular weight excluding hydrogens is 252 g/mol. The average Bonchev–Trinajstić information content (AvgIpc) is 2.45. The molecule has 1 heterocycles. The lowest BCUT2D eigenvalue weighted by molar-refractivity contribution is 0.0938. The van der Waals surface area contributed by atoms with E-state index in [4.69, 9.17) is 4.74 Å². The van der Waals surface area contributed by atoms with Crippen LogP contribution in [0.15, 0.2) is 24.3 Å². The van der Waals surface area contributed by atoms with Crippen LogP contribution in [-0.4, -0.2) is 24.0 Å². The van der Waals surface area contributed by atoms with E-state index < -0.39 is 0 Å². The molecule has 0 radical (unpaired) electrons. The summed E-state index contributed by atoms with van der Waals surface area (Å²) in [7, 11) is 1.63. The van der Waals surface area contributed by atoms with E-state index in [0.717, 1.165) is 28.8 Å². The van der Waals surface area contributed by atoms with E-state index in [2.05, 4.69) is 10.3 Å². The molecule has 0 bridgehead atoms. The zero-order valence-corrected chi connectivity index (χ0v) is 12.4. The predicted octanol–water partition coefficient (Wildman–Crippen LogP) is 3.08. The van der Waals surface area contributed by atoms with Crippen molar-refractivity contribution in [3.05, 3.63) is 35.5 Å².